The molecule has 0 spiro atoms. The lowest BCUT2D eigenvalue weighted by Crippen LogP contribution is -2.15. The van der Waals surface area contributed by atoms with Crippen LogP contribution < -0.4 is 5.32 Å². The molecule has 0 amide bonds. The van der Waals surface area contributed by atoms with Crippen molar-refractivity contribution in [1.82, 2.24) is 5.32 Å². The van der Waals surface area contributed by atoms with Gasteiger partial charge in [0.25, 0.3) is 0 Å². The number of oxime groups is 1. The molecule has 3 nitrogen and oxygen atoms in total. The van der Waals surface area contributed by atoms with Gasteiger partial charge in [-0.15, -0.1) is 0 Å². The van der Waals surface area contributed by atoms with Crippen LogP contribution in [0.3, 0.4) is 0 Å². The molecule has 14 heavy (non-hydrogen) atoms. The summed E-state index contributed by atoms with van der Waals surface area (Å²) in [5.41, 5.74) is 0.919. The Morgan fingerprint density at radius 2 is 2.07 bits per heavy atom. The molecule has 0 aliphatic carbocycles. The number of nitrogens with one attached hydrogen (secondary N) is 1. The monoisotopic (exact) mass is 192 g/mol. The van der Waals surface area contributed by atoms with E-state index in [4.69, 9.17) is 4.84 Å². The van der Waals surface area contributed by atoms with Crippen molar-refractivity contribution in [3.63, 3.8) is 0 Å². The SMILES string of the molecule is Fc1ccc(C=CC2=NOCN2)cc1. The van der Waals surface area contributed by atoms with Gasteiger partial charge in [-0.3, -0.25) is 0 Å². The molecular weight excluding hydrogens is 183 g/mol. The van der Waals surface area contributed by atoms with E-state index in [-0.39, 0.29) is 5.82 Å². The summed E-state index contributed by atoms with van der Waals surface area (Å²) in [7, 11) is 0. The van der Waals surface area contributed by atoms with Crippen LogP contribution in [0.15, 0.2) is 35.5 Å². The van der Waals surface area contributed by atoms with Crippen LogP contribution in [0.2, 0.25) is 0 Å². The highest BCUT2D eigenvalue weighted by atomic mass is 19.1. The molecule has 0 fully saturated rings. The van der Waals surface area contributed by atoms with Crippen LogP contribution >= 0.6 is 0 Å². The maximum Gasteiger partial charge on any atom is 0.188 e. The Morgan fingerprint density at radius 3 is 2.71 bits per heavy atom. The molecule has 0 atom stereocenters. The number of nitrogens with zero attached hydrogens (tertiary/aromatic N) is 1. The zero-order chi connectivity index (χ0) is 9.80. The van der Waals surface area contributed by atoms with Crippen LogP contribution in [0.5, 0.6) is 0 Å². The first-order chi connectivity index (χ1) is 6.84. The minimum Gasteiger partial charge on any atom is -0.372 e. The highest BCUT2D eigenvalue weighted by Crippen LogP contribution is 2.04. The normalized spacial score (nSPS) is 15.1. The molecule has 72 valence electrons. The molecule has 0 radical (unpaired) electrons. The molecule has 0 saturated carbocycles. The van der Waals surface area contributed by atoms with Crippen molar-refractivity contribution in [2.75, 3.05) is 6.73 Å². The molecule has 1 aromatic rings. The van der Waals surface area contributed by atoms with Crippen LogP contribution in [-0.2, 0) is 4.84 Å². The Morgan fingerprint density at radius 1 is 1.29 bits per heavy atom. The van der Waals surface area contributed by atoms with Crippen LogP contribution in [0.1, 0.15) is 5.56 Å². The third kappa shape index (κ3) is 2.10. The Labute approximate surface area is 80.9 Å². The second-order valence-electron chi connectivity index (χ2n) is 2.81. The molecule has 2 rings (SSSR count). The van der Waals surface area contributed by atoms with Crippen LogP contribution in [0.4, 0.5) is 4.39 Å². The van der Waals surface area contributed by atoms with Gasteiger partial charge in [0.15, 0.2) is 12.6 Å². The summed E-state index contributed by atoms with van der Waals surface area (Å²) < 4.78 is 12.5. The van der Waals surface area contributed by atoms with Gasteiger partial charge in [-0.1, -0.05) is 23.4 Å². The average Bonchev–Trinajstić information content (AvgIpc) is 2.70. The smallest absolute Gasteiger partial charge is 0.188 e. The summed E-state index contributed by atoms with van der Waals surface area (Å²) in [5.74, 6) is 0.441. The summed E-state index contributed by atoms with van der Waals surface area (Å²) >= 11 is 0. The summed E-state index contributed by atoms with van der Waals surface area (Å²) in [4.78, 5) is 4.73. The number of amidine groups is 1. The Balaban J connectivity index is 2.06. The summed E-state index contributed by atoms with van der Waals surface area (Å²) in [5, 5.41) is 6.62. The molecule has 1 heterocycles. The minimum atomic E-state index is -0.234. The quantitative estimate of drug-likeness (QED) is 0.774. The van der Waals surface area contributed by atoms with Gasteiger partial charge < -0.3 is 10.2 Å². The second kappa shape index (κ2) is 3.91. The zero-order valence-electron chi connectivity index (χ0n) is 7.40. The molecule has 0 bridgehead atoms. The molecule has 1 aliphatic heterocycles. The molecule has 0 aromatic heterocycles. The average molecular weight is 192 g/mol. The van der Waals surface area contributed by atoms with Crippen molar-refractivity contribution in [2.45, 2.75) is 0 Å². The summed E-state index contributed by atoms with van der Waals surface area (Å²) in [6.45, 7) is 0.406. The zero-order valence-corrected chi connectivity index (χ0v) is 7.40. The second-order valence-corrected chi connectivity index (χ2v) is 2.81. The van der Waals surface area contributed by atoms with Crippen LogP contribution in [0, 0.1) is 5.82 Å². The van der Waals surface area contributed by atoms with Gasteiger partial charge in [0.05, 0.1) is 0 Å². The van der Waals surface area contributed by atoms with E-state index in [0.717, 1.165) is 5.56 Å². The first kappa shape index (κ1) is 8.74. The molecule has 1 N–H and O–H groups in total. The summed E-state index contributed by atoms with van der Waals surface area (Å²) in [6.07, 6.45) is 3.61. The standard InChI is InChI=1S/C10H9FN2O/c11-9-4-1-8(2-5-9)3-6-10-12-7-14-13-10/h1-6H,7H2,(H,12,13). The van der Waals surface area contributed by atoms with E-state index >= 15 is 0 Å². The lowest BCUT2D eigenvalue weighted by Gasteiger charge is -1.92. The number of rotatable bonds is 2. The van der Waals surface area contributed by atoms with E-state index < -0.39 is 0 Å². The van der Waals surface area contributed by atoms with Gasteiger partial charge in [-0.2, -0.15) is 0 Å². The van der Waals surface area contributed by atoms with Gasteiger partial charge in [0, 0.05) is 0 Å². The number of hydrogen-bond acceptors (Lipinski definition) is 3. The largest absolute Gasteiger partial charge is 0.372 e. The van der Waals surface area contributed by atoms with Crippen molar-refractivity contribution in [2.24, 2.45) is 5.16 Å². The van der Waals surface area contributed by atoms with Crippen LogP contribution in [-0.4, -0.2) is 12.6 Å². The highest BCUT2D eigenvalue weighted by molar-refractivity contribution is 5.96. The van der Waals surface area contributed by atoms with Gasteiger partial charge in [-0.05, 0) is 23.8 Å². The lowest BCUT2D eigenvalue weighted by molar-refractivity contribution is 0.164. The van der Waals surface area contributed by atoms with Crippen molar-refractivity contribution in [3.05, 3.63) is 41.7 Å². The fraction of sp³-hybridized carbons (Fsp3) is 0.100. The number of halogens is 1. The van der Waals surface area contributed by atoms with Gasteiger partial charge in [0.1, 0.15) is 5.82 Å². The van der Waals surface area contributed by atoms with Crippen LogP contribution in [0.25, 0.3) is 6.08 Å². The van der Waals surface area contributed by atoms with E-state index in [9.17, 15) is 4.39 Å². The van der Waals surface area contributed by atoms with E-state index in [0.29, 0.717) is 12.6 Å². The Bertz CT molecular complexity index is 370. The molecule has 0 saturated heterocycles. The lowest BCUT2D eigenvalue weighted by atomic mass is 10.2. The predicted octanol–water partition coefficient (Wildman–Crippen LogP) is 1.73. The van der Waals surface area contributed by atoms with Gasteiger partial charge in [0.2, 0.25) is 0 Å². The third-order valence-corrected chi connectivity index (χ3v) is 1.78. The van der Waals surface area contributed by atoms with Gasteiger partial charge >= 0.3 is 0 Å². The Kier molecular flexibility index (Phi) is 2.44. The van der Waals surface area contributed by atoms with E-state index in [2.05, 4.69) is 10.5 Å². The molecule has 0 unspecified atom stereocenters. The maximum absolute atomic E-state index is 12.5. The summed E-state index contributed by atoms with van der Waals surface area (Å²) in [6, 6.07) is 6.23. The molecule has 1 aromatic carbocycles. The topological polar surface area (TPSA) is 33.6 Å². The fourth-order valence-corrected chi connectivity index (χ4v) is 1.08. The maximum atomic E-state index is 12.5. The third-order valence-electron chi connectivity index (χ3n) is 1.78. The number of hydrogen-bond donors (Lipinski definition) is 1. The van der Waals surface area contributed by atoms with Crippen molar-refractivity contribution < 1.29 is 9.23 Å². The molecule has 4 heteroatoms. The first-order valence-electron chi connectivity index (χ1n) is 4.22. The minimum absolute atomic E-state index is 0.234. The van der Waals surface area contributed by atoms with Crippen molar-refractivity contribution in [1.29, 1.82) is 0 Å². The molecule has 1 aliphatic rings. The van der Waals surface area contributed by atoms with Crippen molar-refractivity contribution >= 4 is 11.9 Å². The van der Waals surface area contributed by atoms with Gasteiger partial charge in [-0.25, -0.2) is 4.39 Å². The molecular formula is C10H9FN2O. The number of benzene rings is 1. The van der Waals surface area contributed by atoms with E-state index in [1.807, 2.05) is 6.08 Å². The first-order valence-corrected chi connectivity index (χ1v) is 4.22. The van der Waals surface area contributed by atoms with E-state index in [1.165, 1.54) is 12.1 Å². The highest BCUT2D eigenvalue weighted by Gasteiger charge is 2.00. The van der Waals surface area contributed by atoms with Crippen molar-refractivity contribution in [3.8, 4) is 0 Å². The fourth-order valence-electron chi connectivity index (χ4n) is 1.08. The predicted molar refractivity (Wildman–Crippen MR) is 52.0 cm³/mol. The Hall–Kier alpha value is -1.84. The van der Waals surface area contributed by atoms with E-state index in [1.54, 1.807) is 18.2 Å².